The van der Waals surface area contributed by atoms with Crippen molar-refractivity contribution in [2.24, 2.45) is 0 Å². The van der Waals surface area contributed by atoms with E-state index in [9.17, 15) is 5.11 Å². The number of aliphatic hydroxyl groups excluding tert-OH is 1. The molecule has 0 bridgehead atoms. The van der Waals surface area contributed by atoms with Crippen molar-refractivity contribution in [1.29, 1.82) is 0 Å². The van der Waals surface area contributed by atoms with Crippen LogP contribution >= 0.6 is 15.9 Å². The molecular formula is C13H15BrO3. The van der Waals surface area contributed by atoms with Crippen LogP contribution in [0.2, 0.25) is 0 Å². The highest BCUT2D eigenvalue weighted by Gasteiger charge is 2.42. The fraction of sp³-hybridized carbons (Fsp3) is 0.538. The smallest absolute Gasteiger partial charge is 0.135 e. The highest BCUT2D eigenvalue weighted by molar-refractivity contribution is 9.10. The van der Waals surface area contributed by atoms with Crippen molar-refractivity contribution in [3.63, 3.8) is 0 Å². The van der Waals surface area contributed by atoms with Crippen molar-refractivity contribution < 1.29 is 14.6 Å². The first-order valence-corrected chi connectivity index (χ1v) is 6.72. The molecule has 0 aliphatic carbocycles. The lowest BCUT2D eigenvalue weighted by Gasteiger charge is -2.42. The SMILES string of the molecule is O[C@@H]1CC2(CCCOC2)Oc2ccc(Br)cc21. The van der Waals surface area contributed by atoms with Gasteiger partial charge in [0.05, 0.1) is 12.7 Å². The average molecular weight is 299 g/mol. The average Bonchev–Trinajstić information content (AvgIpc) is 2.31. The summed E-state index contributed by atoms with van der Waals surface area (Å²) in [6.07, 6.45) is 2.12. The lowest BCUT2D eigenvalue weighted by Crippen LogP contribution is -2.47. The molecule has 3 nitrogen and oxygen atoms in total. The van der Waals surface area contributed by atoms with Gasteiger partial charge in [0.15, 0.2) is 0 Å². The second-order valence-electron chi connectivity index (χ2n) is 4.84. The fourth-order valence-corrected chi connectivity index (χ4v) is 3.06. The first-order chi connectivity index (χ1) is 8.19. The van der Waals surface area contributed by atoms with Crippen LogP contribution in [0.1, 0.15) is 30.9 Å². The molecule has 1 aromatic carbocycles. The van der Waals surface area contributed by atoms with Gasteiger partial charge >= 0.3 is 0 Å². The minimum atomic E-state index is -0.460. The van der Waals surface area contributed by atoms with Gasteiger partial charge in [-0.1, -0.05) is 15.9 Å². The van der Waals surface area contributed by atoms with E-state index in [1.807, 2.05) is 18.2 Å². The van der Waals surface area contributed by atoms with Crippen LogP contribution in [-0.2, 0) is 4.74 Å². The monoisotopic (exact) mass is 298 g/mol. The van der Waals surface area contributed by atoms with E-state index in [2.05, 4.69) is 15.9 Å². The summed E-state index contributed by atoms with van der Waals surface area (Å²) in [6, 6.07) is 5.78. The third-order valence-electron chi connectivity index (χ3n) is 3.51. The highest BCUT2D eigenvalue weighted by atomic mass is 79.9. The van der Waals surface area contributed by atoms with Gasteiger partial charge in [-0.3, -0.25) is 0 Å². The number of aliphatic hydroxyl groups is 1. The summed E-state index contributed by atoms with van der Waals surface area (Å²) in [7, 11) is 0. The Morgan fingerprint density at radius 2 is 2.29 bits per heavy atom. The Morgan fingerprint density at radius 1 is 1.41 bits per heavy atom. The molecule has 2 aliphatic rings. The zero-order chi connectivity index (χ0) is 11.9. The maximum absolute atomic E-state index is 10.2. The van der Waals surface area contributed by atoms with Crippen LogP contribution in [0.5, 0.6) is 5.75 Å². The molecule has 1 aromatic rings. The highest BCUT2D eigenvalue weighted by Crippen LogP contribution is 2.43. The maximum atomic E-state index is 10.2. The summed E-state index contributed by atoms with van der Waals surface area (Å²) in [5, 5.41) is 10.2. The predicted octanol–water partition coefficient (Wildman–Crippen LogP) is 2.81. The van der Waals surface area contributed by atoms with E-state index < -0.39 is 6.10 Å². The van der Waals surface area contributed by atoms with E-state index in [-0.39, 0.29) is 5.60 Å². The Balaban J connectivity index is 1.94. The van der Waals surface area contributed by atoms with Crippen LogP contribution in [0.15, 0.2) is 22.7 Å². The molecular weight excluding hydrogens is 284 g/mol. The zero-order valence-electron chi connectivity index (χ0n) is 9.49. The molecule has 0 radical (unpaired) electrons. The molecule has 2 heterocycles. The van der Waals surface area contributed by atoms with Crippen molar-refractivity contribution in [2.75, 3.05) is 13.2 Å². The van der Waals surface area contributed by atoms with Gasteiger partial charge in [-0.25, -0.2) is 0 Å². The van der Waals surface area contributed by atoms with Crippen LogP contribution in [0.25, 0.3) is 0 Å². The summed E-state index contributed by atoms with van der Waals surface area (Å²) < 4.78 is 12.6. The van der Waals surface area contributed by atoms with E-state index in [1.54, 1.807) is 0 Å². The molecule has 3 rings (SSSR count). The van der Waals surface area contributed by atoms with E-state index in [4.69, 9.17) is 9.47 Å². The number of benzene rings is 1. The number of halogens is 1. The summed E-state index contributed by atoms with van der Waals surface area (Å²) in [4.78, 5) is 0. The Bertz CT molecular complexity index is 427. The summed E-state index contributed by atoms with van der Waals surface area (Å²) in [5.74, 6) is 0.789. The minimum Gasteiger partial charge on any atom is -0.484 e. The van der Waals surface area contributed by atoms with E-state index >= 15 is 0 Å². The molecule has 2 atom stereocenters. The molecule has 2 aliphatic heterocycles. The van der Waals surface area contributed by atoms with Gasteiger partial charge in [0.1, 0.15) is 11.4 Å². The summed E-state index contributed by atoms with van der Waals surface area (Å²) >= 11 is 3.41. The van der Waals surface area contributed by atoms with Crippen LogP contribution in [-0.4, -0.2) is 23.9 Å². The minimum absolute atomic E-state index is 0.321. The molecule has 17 heavy (non-hydrogen) atoms. The van der Waals surface area contributed by atoms with Gasteiger partial charge in [-0.15, -0.1) is 0 Å². The summed E-state index contributed by atoms with van der Waals surface area (Å²) in [6.45, 7) is 1.38. The van der Waals surface area contributed by atoms with Gasteiger partial charge < -0.3 is 14.6 Å². The lowest BCUT2D eigenvalue weighted by atomic mass is 9.85. The van der Waals surface area contributed by atoms with Gasteiger partial charge in [0.2, 0.25) is 0 Å². The fourth-order valence-electron chi connectivity index (χ4n) is 2.68. The van der Waals surface area contributed by atoms with Crippen molar-refractivity contribution in [1.82, 2.24) is 0 Å². The van der Waals surface area contributed by atoms with Gasteiger partial charge in [0, 0.05) is 23.1 Å². The molecule has 1 N–H and O–H groups in total. The van der Waals surface area contributed by atoms with E-state index in [1.165, 1.54) is 0 Å². The number of hydrogen-bond donors (Lipinski definition) is 1. The van der Waals surface area contributed by atoms with Crippen molar-refractivity contribution in [3.8, 4) is 5.75 Å². The molecule has 1 saturated heterocycles. The molecule has 0 aromatic heterocycles. The Morgan fingerprint density at radius 3 is 3.06 bits per heavy atom. The first kappa shape index (κ1) is 11.5. The van der Waals surface area contributed by atoms with Crippen LogP contribution in [0, 0.1) is 0 Å². The largest absolute Gasteiger partial charge is 0.484 e. The molecule has 1 unspecified atom stereocenters. The normalized spacial score (nSPS) is 32.0. The maximum Gasteiger partial charge on any atom is 0.135 e. The first-order valence-electron chi connectivity index (χ1n) is 5.93. The van der Waals surface area contributed by atoms with Crippen molar-refractivity contribution in [3.05, 3.63) is 28.2 Å². The molecule has 0 amide bonds. The topological polar surface area (TPSA) is 38.7 Å². The third-order valence-corrected chi connectivity index (χ3v) is 4.00. The van der Waals surface area contributed by atoms with Gasteiger partial charge in [0.25, 0.3) is 0 Å². The van der Waals surface area contributed by atoms with Crippen LogP contribution in [0.4, 0.5) is 0 Å². The Kier molecular flexibility index (Phi) is 2.89. The molecule has 1 fully saturated rings. The van der Waals surface area contributed by atoms with Crippen molar-refractivity contribution >= 4 is 15.9 Å². The van der Waals surface area contributed by atoms with E-state index in [0.29, 0.717) is 13.0 Å². The van der Waals surface area contributed by atoms with Gasteiger partial charge in [-0.05, 0) is 31.0 Å². The molecule has 92 valence electrons. The lowest BCUT2D eigenvalue weighted by molar-refractivity contribution is -0.103. The number of fused-ring (bicyclic) bond motifs is 1. The molecule has 1 spiro atoms. The Labute approximate surface area is 109 Å². The number of rotatable bonds is 0. The standard InChI is InChI=1S/C13H15BrO3/c14-9-2-3-12-10(6-9)11(15)7-13(17-12)4-1-5-16-8-13/h2-3,6,11,15H,1,4-5,7-8H2/t11-,13?/m1/s1. The summed E-state index contributed by atoms with van der Waals surface area (Å²) in [5.41, 5.74) is 0.550. The third kappa shape index (κ3) is 2.09. The second kappa shape index (κ2) is 4.26. The zero-order valence-corrected chi connectivity index (χ0v) is 11.1. The number of ether oxygens (including phenoxy) is 2. The van der Waals surface area contributed by atoms with Crippen molar-refractivity contribution in [2.45, 2.75) is 31.0 Å². The predicted molar refractivity (Wildman–Crippen MR) is 67.1 cm³/mol. The van der Waals surface area contributed by atoms with Crippen LogP contribution < -0.4 is 4.74 Å². The number of hydrogen-bond acceptors (Lipinski definition) is 3. The quantitative estimate of drug-likeness (QED) is 0.800. The van der Waals surface area contributed by atoms with E-state index in [0.717, 1.165) is 35.2 Å². The second-order valence-corrected chi connectivity index (χ2v) is 5.76. The van der Waals surface area contributed by atoms with Gasteiger partial charge in [-0.2, -0.15) is 0 Å². The Hall–Kier alpha value is -0.580. The molecule has 4 heteroatoms. The molecule has 0 saturated carbocycles. The van der Waals surface area contributed by atoms with Crippen LogP contribution in [0.3, 0.4) is 0 Å².